The first-order valence-corrected chi connectivity index (χ1v) is 2.61. The number of aromatic amines is 1. The van der Waals surface area contributed by atoms with Crippen LogP contribution in [0.25, 0.3) is 0 Å². The number of hydrogen-bond donors (Lipinski definition) is 1. The first kappa shape index (κ1) is 5.41. The Morgan fingerprint density at radius 1 is 1.50 bits per heavy atom. The summed E-state index contributed by atoms with van der Waals surface area (Å²) in [6.07, 6.45) is 0. The molecule has 1 N–H and O–H groups in total. The first-order chi connectivity index (χ1) is 3.61. The summed E-state index contributed by atoms with van der Waals surface area (Å²) >= 11 is 0. The highest BCUT2D eigenvalue weighted by atomic mass is 16.6. The van der Waals surface area contributed by atoms with Crippen LogP contribution < -0.4 is 0 Å². The van der Waals surface area contributed by atoms with Crippen LogP contribution in [-0.2, 0) is 5.41 Å². The highest BCUT2D eigenvalue weighted by Gasteiger charge is 2.19. The lowest BCUT2D eigenvalue weighted by Gasteiger charge is -2.15. The Morgan fingerprint density at radius 2 is 2.00 bits per heavy atom. The van der Waals surface area contributed by atoms with Gasteiger partial charge in [0, 0.05) is 5.41 Å². The molecule has 0 unspecified atom stereocenters. The van der Waals surface area contributed by atoms with Crippen LogP contribution in [0.4, 0.5) is 0 Å². The van der Waals surface area contributed by atoms with Crippen molar-refractivity contribution in [1.29, 1.82) is 0 Å². The molecule has 3 nitrogen and oxygen atoms in total. The Labute approximate surface area is 48.0 Å². The van der Waals surface area contributed by atoms with Gasteiger partial charge in [-0.05, 0) is 5.16 Å². The molecule has 1 rings (SSSR count). The minimum absolute atomic E-state index is 0.109. The zero-order valence-corrected chi connectivity index (χ0v) is 5.36. The maximum absolute atomic E-state index is 4.40. The maximum Gasteiger partial charge on any atom is 0.186 e. The minimum atomic E-state index is 0.109. The number of nitrogens with one attached hydrogen (secondary N) is 1. The van der Waals surface area contributed by atoms with Gasteiger partial charge in [0.05, 0.1) is 0 Å². The molecule has 0 radical (unpaired) electrons. The Balaban J connectivity index is 2.71. The Morgan fingerprint density at radius 3 is 2.00 bits per heavy atom. The number of rotatable bonds is 0. The minimum Gasteiger partial charge on any atom is -0.267 e. The lowest BCUT2D eigenvalue weighted by atomic mass is 9.96. The standard InChI is InChI=1S/C5H10N2O/c1-5(2,3)4-6-8-7-4/h1-3H3,(H,6,7). The first-order valence-electron chi connectivity index (χ1n) is 2.61. The van der Waals surface area contributed by atoms with Crippen LogP contribution in [0.1, 0.15) is 26.6 Å². The lowest BCUT2D eigenvalue weighted by molar-refractivity contribution is 0.178. The Bertz CT molecular complexity index is 149. The van der Waals surface area contributed by atoms with E-state index >= 15 is 0 Å². The largest absolute Gasteiger partial charge is 0.267 e. The number of H-pyrrole nitrogens is 1. The van der Waals surface area contributed by atoms with E-state index in [1.807, 2.05) is 0 Å². The van der Waals surface area contributed by atoms with Gasteiger partial charge < -0.3 is 0 Å². The third kappa shape index (κ3) is 0.757. The third-order valence-corrected chi connectivity index (χ3v) is 0.990. The van der Waals surface area contributed by atoms with E-state index in [-0.39, 0.29) is 5.41 Å². The van der Waals surface area contributed by atoms with Crippen molar-refractivity contribution in [2.45, 2.75) is 26.2 Å². The summed E-state index contributed by atoms with van der Waals surface area (Å²) in [5.74, 6) is 0.914. The van der Waals surface area contributed by atoms with E-state index < -0.39 is 0 Å². The molecule has 0 aromatic carbocycles. The van der Waals surface area contributed by atoms with Crippen molar-refractivity contribution in [3.8, 4) is 0 Å². The van der Waals surface area contributed by atoms with Crippen LogP contribution in [0.3, 0.4) is 0 Å². The average molecular weight is 114 g/mol. The van der Waals surface area contributed by atoms with E-state index in [9.17, 15) is 0 Å². The van der Waals surface area contributed by atoms with Crippen LogP contribution in [-0.4, -0.2) is 10.3 Å². The van der Waals surface area contributed by atoms with Crippen LogP contribution >= 0.6 is 0 Å². The predicted molar refractivity (Wildman–Crippen MR) is 29.6 cm³/mol. The molecule has 0 fully saturated rings. The van der Waals surface area contributed by atoms with Gasteiger partial charge in [0.2, 0.25) is 0 Å². The molecule has 0 spiro atoms. The van der Waals surface area contributed by atoms with Gasteiger partial charge >= 0.3 is 0 Å². The second-order valence-corrected chi connectivity index (χ2v) is 2.88. The summed E-state index contributed by atoms with van der Waals surface area (Å²) in [5.41, 5.74) is 0.109. The molecule has 0 aliphatic heterocycles. The third-order valence-electron chi connectivity index (χ3n) is 0.990. The van der Waals surface area contributed by atoms with Crippen molar-refractivity contribution in [3.05, 3.63) is 5.82 Å². The zero-order valence-electron chi connectivity index (χ0n) is 5.36. The molecule has 0 amide bonds. The summed E-state index contributed by atoms with van der Waals surface area (Å²) in [7, 11) is 0. The van der Waals surface area contributed by atoms with E-state index in [0.717, 1.165) is 5.82 Å². The molecule has 1 aromatic heterocycles. The van der Waals surface area contributed by atoms with Crippen LogP contribution in [0, 0.1) is 0 Å². The van der Waals surface area contributed by atoms with Crippen molar-refractivity contribution >= 4 is 0 Å². The normalized spacial score (nSPS) is 12.4. The van der Waals surface area contributed by atoms with Crippen LogP contribution in [0.15, 0.2) is 4.63 Å². The van der Waals surface area contributed by atoms with Gasteiger partial charge in [-0.1, -0.05) is 20.8 Å². The molecule has 8 heavy (non-hydrogen) atoms. The topological polar surface area (TPSA) is 41.8 Å². The van der Waals surface area contributed by atoms with Gasteiger partial charge in [-0.15, -0.1) is 0 Å². The molecule has 0 saturated carbocycles. The summed E-state index contributed by atoms with van der Waals surface area (Å²) in [6, 6.07) is 0. The summed E-state index contributed by atoms with van der Waals surface area (Å²) in [5, 5.41) is 6.28. The smallest absolute Gasteiger partial charge is 0.186 e. The molecule has 3 heteroatoms. The molecule has 0 aliphatic rings. The molecule has 1 heterocycles. The highest BCUT2D eigenvalue weighted by molar-refractivity contribution is 4.95. The molecule has 0 aliphatic carbocycles. The second kappa shape index (κ2) is 1.37. The van der Waals surface area contributed by atoms with Gasteiger partial charge in [-0.25, -0.2) is 0 Å². The fraction of sp³-hybridized carbons (Fsp3) is 0.800. The zero-order chi connectivity index (χ0) is 6.20. The predicted octanol–water partition coefficient (Wildman–Crippen LogP) is 1.30. The summed E-state index contributed by atoms with van der Waals surface area (Å²) in [4.78, 5) is 0. The number of hydrogen-bond acceptors (Lipinski definition) is 2. The maximum atomic E-state index is 4.40. The van der Waals surface area contributed by atoms with E-state index in [1.54, 1.807) is 0 Å². The fourth-order valence-electron chi connectivity index (χ4n) is 0.381. The lowest BCUT2D eigenvalue weighted by Crippen LogP contribution is -2.17. The SMILES string of the molecule is CC(C)(C)c1no[nH]1. The van der Waals surface area contributed by atoms with Crippen LogP contribution in [0.5, 0.6) is 0 Å². The van der Waals surface area contributed by atoms with Gasteiger partial charge in [0.15, 0.2) is 5.82 Å². The number of aromatic nitrogens is 2. The Kier molecular flexibility index (Phi) is 0.927. The Hall–Kier alpha value is -0.730. The molecule has 0 saturated heterocycles. The van der Waals surface area contributed by atoms with E-state index in [0.29, 0.717) is 0 Å². The van der Waals surface area contributed by atoms with Gasteiger partial charge in [0.1, 0.15) is 0 Å². The average Bonchev–Trinajstić information content (AvgIpc) is 1.16. The summed E-state index contributed by atoms with van der Waals surface area (Å²) < 4.78 is 4.40. The van der Waals surface area contributed by atoms with Gasteiger partial charge in [-0.2, -0.15) is 5.16 Å². The summed E-state index contributed by atoms with van der Waals surface area (Å²) in [6.45, 7) is 6.21. The number of nitrogens with zero attached hydrogens (tertiary/aromatic N) is 1. The molecular weight excluding hydrogens is 104 g/mol. The van der Waals surface area contributed by atoms with Crippen molar-refractivity contribution in [2.75, 3.05) is 0 Å². The van der Waals surface area contributed by atoms with E-state index in [1.165, 1.54) is 0 Å². The van der Waals surface area contributed by atoms with Crippen molar-refractivity contribution in [1.82, 2.24) is 10.3 Å². The highest BCUT2D eigenvalue weighted by Crippen LogP contribution is 2.17. The fourth-order valence-corrected chi connectivity index (χ4v) is 0.381. The van der Waals surface area contributed by atoms with Crippen molar-refractivity contribution < 1.29 is 4.63 Å². The van der Waals surface area contributed by atoms with Crippen molar-refractivity contribution in [2.24, 2.45) is 0 Å². The second-order valence-electron chi connectivity index (χ2n) is 2.88. The molecular formula is C5H10N2O. The molecule has 1 aromatic rings. The van der Waals surface area contributed by atoms with Crippen LogP contribution in [0.2, 0.25) is 0 Å². The monoisotopic (exact) mass is 114 g/mol. The quantitative estimate of drug-likeness (QED) is 0.552. The van der Waals surface area contributed by atoms with E-state index in [4.69, 9.17) is 0 Å². The molecule has 46 valence electrons. The van der Waals surface area contributed by atoms with Crippen molar-refractivity contribution in [3.63, 3.8) is 0 Å². The van der Waals surface area contributed by atoms with E-state index in [2.05, 4.69) is 35.7 Å². The van der Waals surface area contributed by atoms with Gasteiger partial charge in [-0.3, -0.25) is 4.63 Å². The van der Waals surface area contributed by atoms with Gasteiger partial charge in [0.25, 0.3) is 0 Å². The molecule has 0 atom stereocenters. The molecule has 0 bridgehead atoms.